The Kier molecular flexibility index (Phi) is 6.24. The third-order valence-electron chi connectivity index (χ3n) is 10.1. The summed E-state index contributed by atoms with van der Waals surface area (Å²) >= 11 is 0. The van der Waals surface area contributed by atoms with E-state index in [1.165, 1.54) is 0 Å². The number of ether oxygens (including phenoxy) is 1. The summed E-state index contributed by atoms with van der Waals surface area (Å²) in [6.45, 7) is 3.61. The number of carbonyl (C=O) groups excluding carboxylic acids is 1. The molecule has 6 heterocycles. The van der Waals surface area contributed by atoms with Gasteiger partial charge in [-0.25, -0.2) is 4.39 Å². The third-order valence-corrected chi connectivity index (χ3v) is 10.1. The van der Waals surface area contributed by atoms with Crippen LogP contribution in [0.5, 0.6) is 11.8 Å². The SMILES string of the molecule is C#Cc1cccc2cc(O)cc(N3CCc4c(nc(OCC56CCCN5C[C@H](F)C6)nc4N4CC5CCC(C4)N5)C3=O)c12. The predicted octanol–water partition coefficient (Wildman–Crippen LogP) is 3.42. The number of piperazine rings is 1. The topological polar surface area (TPSA) is 94.1 Å². The highest BCUT2D eigenvalue weighted by Crippen LogP contribution is 2.41. The number of benzene rings is 2. The maximum Gasteiger partial charge on any atom is 0.319 e. The van der Waals surface area contributed by atoms with Crippen molar-refractivity contribution in [3.63, 3.8) is 0 Å². The fourth-order valence-corrected chi connectivity index (χ4v) is 8.21. The molecule has 222 valence electrons. The summed E-state index contributed by atoms with van der Waals surface area (Å²) in [7, 11) is 0. The Hall–Kier alpha value is -3.94. The lowest BCUT2D eigenvalue weighted by Crippen LogP contribution is -2.52. The number of hydrogen-bond donors (Lipinski definition) is 2. The number of alkyl halides is 1. The number of phenols is 1. The van der Waals surface area contributed by atoms with E-state index < -0.39 is 6.17 Å². The molecule has 0 aliphatic carbocycles. The Balaban J connectivity index is 1.19. The largest absolute Gasteiger partial charge is 0.508 e. The van der Waals surface area contributed by atoms with Crippen LogP contribution in [0.25, 0.3) is 10.8 Å². The van der Waals surface area contributed by atoms with Crippen molar-refractivity contribution >= 4 is 28.2 Å². The van der Waals surface area contributed by atoms with Gasteiger partial charge < -0.3 is 25.0 Å². The quantitative estimate of drug-likeness (QED) is 0.443. The molecule has 10 heteroatoms. The van der Waals surface area contributed by atoms with Crippen molar-refractivity contribution in [2.75, 3.05) is 49.1 Å². The van der Waals surface area contributed by atoms with Crippen LogP contribution >= 0.6 is 0 Å². The number of carbonyl (C=O) groups is 1. The first-order chi connectivity index (χ1) is 20.9. The molecule has 1 aromatic heterocycles. The average molecular weight is 583 g/mol. The standard InChI is InChI=1S/C33H35FN6O3/c1-2-20-5-3-6-21-13-25(41)14-27(28(20)21)40-12-9-26-29(31(40)42)36-32(37-30(26)38-17-23-7-8-24(18-38)35-23)43-19-33-10-4-11-39(33)16-22(34)15-33/h1,3,5-6,13-14,22-24,35,41H,4,7-12,15-19H2/t22-,23?,24?,33?/m1/s1. The zero-order valence-corrected chi connectivity index (χ0v) is 24.1. The summed E-state index contributed by atoms with van der Waals surface area (Å²) in [6, 6.07) is 9.75. The number of phenolic OH excluding ortho intramolecular Hbond substituents is 1. The van der Waals surface area contributed by atoms with Gasteiger partial charge in [-0.15, -0.1) is 6.42 Å². The molecule has 0 spiro atoms. The van der Waals surface area contributed by atoms with Crippen molar-refractivity contribution < 1.29 is 19.0 Å². The number of aromatic nitrogens is 2. The van der Waals surface area contributed by atoms with Crippen LogP contribution in [-0.4, -0.2) is 89.0 Å². The maximum atomic E-state index is 14.5. The highest BCUT2D eigenvalue weighted by atomic mass is 19.1. The molecule has 2 bridgehead atoms. The fourth-order valence-electron chi connectivity index (χ4n) is 8.21. The first-order valence-corrected chi connectivity index (χ1v) is 15.4. The van der Waals surface area contributed by atoms with Gasteiger partial charge in [0.25, 0.3) is 5.91 Å². The van der Waals surface area contributed by atoms with Crippen molar-refractivity contribution in [3.8, 4) is 24.1 Å². The zero-order valence-electron chi connectivity index (χ0n) is 24.1. The molecule has 8 rings (SSSR count). The molecule has 0 saturated carbocycles. The number of nitrogens with one attached hydrogen (secondary N) is 1. The Bertz CT molecular complexity index is 1660. The van der Waals surface area contributed by atoms with Gasteiger partial charge in [-0.2, -0.15) is 9.97 Å². The minimum Gasteiger partial charge on any atom is -0.508 e. The third kappa shape index (κ3) is 4.40. The molecule has 5 aliphatic rings. The summed E-state index contributed by atoms with van der Waals surface area (Å²) in [6.07, 6.45) is 10.1. The van der Waals surface area contributed by atoms with E-state index in [9.17, 15) is 14.3 Å². The molecule has 2 aromatic carbocycles. The van der Waals surface area contributed by atoms with Gasteiger partial charge in [0.15, 0.2) is 0 Å². The summed E-state index contributed by atoms with van der Waals surface area (Å²) in [5.41, 5.74) is 1.99. The van der Waals surface area contributed by atoms with Crippen LogP contribution in [0.15, 0.2) is 30.3 Å². The Morgan fingerprint density at radius 1 is 1.16 bits per heavy atom. The number of rotatable bonds is 5. The molecule has 9 nitrogen and oxygen atoms in total. The highest BCUT2D eigenvalue weighted by molar-refractivity contribution is 6.13. The lowest BCUT2D eigenvalue weighted by atomic mass is 9.95. The van der Waals surface area contributed by atoms with Gasteiger partial charge in [-0.1, -0.05) is 18.1 Å². The van der Waals surface area contributed by atoms with E-state index in [1.807, 2.05) is 18.2 Å². The molecule has 4 fully saturated rings. The minimum atomic E-state index is -0.861. The molecular weight excluding hydrogens is 547 g/mol. The average Bonchev–Trinajstić information content (AvgIpc) is 3.65. The summed E-state index contributed by atoms with van der Waals surface area (Å²) in [4.78, 5) is 30.2. The Morgan fingerprint density at radius 3 is 2.81 bits per heavy atom. The number of amides is 1. The normalized spacial score (nSPS) is 28.3. The number of anilines is 2. The van der Waals surface area contributed by atoms with E-state index in [4.69, 9.17) is 21.1 Å². The van der Waals surface area contributed by atoms with Gasteiger partial charge >= 0.3 is 6.01 Å². The first-order valence-electron chi connectivity index (χ1n) is 15.4. The van der Waals surface area contributed by atoms with Crippen LogP contribution in [0.4, 0.5) is 15.9 Å². The van der Waals surface area contributed by atoms with Crippen LogP contribution < -0.4 is 19.9 Å². The van der Waals surface area contributed by atoms with E-state index in [-0.39, 0.29) is 23.2 Å². The van der Waals surface area contributed by atoms with E-state index >= 15 is 0 Å². The van der Waals surface area contributed by atoms with Crippen LogP contribution in [0, 0.1) is 12.3 Å². The number of aromatic hydroxyl groups is 1. The van der Waals surface area contributed by atoms with E-state index in [0.717, 1.165) is 67.5 Å². The second-order valence-electron chi connectivity index (χ2n) is 12.8. The van der Waals surface area contributed by atoms with Gasteiger partial charge in [0.1, 0.15) is 30.0 Å². The zero-order chi connectivity index (χ0) is 29.3. The predicted molar refractivity (Wildman–Crippen MR) is 162 cm³/mol. The molecule has 0 radical (unpaired) electrons. The van der Waals surface area contributed by atoms with Crippen LogP contribution in [0.1, 0.15) is 53.7 Å². The molecule has 2 N–H and O–H groups in total. The molecule has 4 saturated heterocycles. The summed E-state index contributed by atoms with van der Waals surface area (Å²) in [5.74, 6) is 3.27. The molecule has 5 aliphatic heterocycles. The van der Waals surface area contributed by atoms with Crippen molar-refractivity contribution in [3.05, 3.63) is 47.2 Å². The van der Waals surface area contributed by atoms with Gasteiger partial charge in [-0.05, 0) is 56.2 Å². The van der Waals surface area contributed by atoms with E-state index in [0.29, 0.717) is 61.6 Å². The lowest BCUT2D eigenvalue weighted by Gasteiger charge is -2.37. The summed E-state index contributed by atoms with van der Waals surface area (Å²) < 4.78 is 20.8. The monoisotopic (exact) mass is 582 g/mol. The second-order valence-corrected chi connectivity index (χ2v) is 12.8. The van der Waals surface area contributed by atoms with Crippen molar-refractivity contribution in [1.82, 2.24) is 20.2 Å². The highest BCUT2D eigenvalue weighted by Gasteiger charge is 2.49. The number of hydrogen-bond acceptors (Lipinski definition) is 8. The lowest BCUT2D eigenvalue weighted by molar-refractivity contribution is 0.0963. The Labute approximate surface area is 250 Å². The van der Waals surface area contributed by atoms with Crippen molar-refractivity contribution in [1.29, 1.82) is 0 Å². The van der Waals surface area contributed by atoms with Crippen LogP contribution in [0.3, 0.4) is 0 Å². The number of fused-ring (bicyclic) bond motifs is 5. The van der Waals surface area contributed by atoms with Crippen molar-refractivity contribution in [2.24, 2.45) is 0 Å². The minimum absolute atomic E-state index is 0.0575. The number of terminal acetylenes is 1. The van der Waals surface area contributed by atoms with Crippen molar-refractivity contribution in [2.45, 2.75) is 62.3 Å². The van der Waals surface area contributed by atoms with Crippen LogP contribution in [-0.2, 0) is 6.42 Å². The smallest absolute Gasteiger partial charge is 0.319 e. The number of nitrogens with zero attached hydrogens (tertiary/aromatic N) is 5. The van der Waals surface area contributed by atoms with Gasteiger partial charge in [-0.3, -0.25) is 9.69 Å². The molecule has 3 unspecified atom stereocenters. The van der Waals surface area contributed by atoms with Gasteiger partial charge in [0.05, 0.1) is 11.2 Å². The van der Waals surface area contributed by atoms with Crippen LogP contribution in [0.2, 0.25) is 0 Å². The molecule has 3 aromatic rings. The molecule has 1 amide bonds. The maximum absolute atomic E-state index is 14.5. The fraction of sp³-hybridized carbons (Fsp3) is 0.485. The molecule has 4 atom stereocenters. The summed E-state index contributed by atoms with van der Waals surface area (Å²) in [5, 5.41) is 15.8. The van der Waals surface area contributed by atoms with E-state index in [2.05, 4.69) is 21.0 Å². The molecule has 43 heavy (non-hydrogen) atoms. The first kappa shape index (κ1) is 26.7. The molecular formula is C33H35FN6O3. The van der Waals surface area contributed by atoms with Gasteiger partial charge in [0, 0.05) is 67.3 Å². The van der Waals surface area contributed by atoms with E-state index in [1.54, 1.807) is 17.0 Å². The second kappa shape index (κ2) is 10.1. The Morgan fingerprint density at radius 2 is 2.00 bits per heavy atom. The number of halogens is 1. The van der Waals surface area contributed by atoms with Gasteiger partial charge in [0.2, 0.25) is 0 Å².